The monoisotopic (exact) mass is 237 g/mol. The third-order valence-corrected chi connectivity index (χ3v) is 3.26. The van der Waals surface area contributed by atoms with Gasteiger partial charge in [-0.3, -0.25) is 4.68 Å². The summed E-state index contributed by atoms with van der Waals surface area (Å²) in [5, 5.41) is 7.96. The number of ether oxygens (including phenoxy) is 1. The first-order valence-electron chi connectivity index (χ1n) is 6.53. The van der Waals surface area contributed by atoms with Crippen LogP contribution in [0.4, 0.5) is 0 Å². The van der Waals surface area contributed by atoms with Gasteiger partial charge >= 0.3 is 0 Å². The lowest BCUT2D eigenvalue weighted by Gasteiger charge is -2.10. The summed E-state index contributed by atoms with van der Waals surface area (Å²) in [5.74, 6) is 0. The minimum Gasteiger partial charge on any atom is -0.377 e. The van der Waals surface area contributed by atoms with Crippen molar-refractivity contribution in [1.29, 1.82) is 0 Å². The molecule has 0 amide bonds. The Morgan fingerprint density at radius 2 is 2.41 bits per heavy atom. The number of hydrogen-bond donors (Lipinski definition) is 1. The van der Waals surface area contributed by atoms with E-state index in [2.05, 4.69) is 37.4 Å². The highest BCUT2D eigenvalue weighted by Gasteiger charge is 2.15. The van der Waals surface area contributed by atoms with Crippen molar-refractivity contribution >= 4 is 0 Å². The summed E-state index contributed by atoms with van der Waals surface area (Å²) in [6.07, 6.45) is 4.95. The first-order valence-corrected chi connectivity index (χ1v) is 6.53. The molecule has 1 N–H and O–H groups in total. The molecule has 0 saturated carbocycles. The molecule has 1 aliphatic heterocycles. The van der Waals surface area contributed by atoms with Gasteiger partial charge in [-0.2, -0.15) is 5.10 Å². The molecule has 4 nitrogen and oxygen atoms in total. The molecule has 1 fully saturated rings. The molecule has 0 aromatic carbocycles. The van der Waals surface area contributed by atoms with Crippen molar-refractivity contribution in [2.45, 2.75) is 52.3 Å². The fourth-order valence-electron chi connectivity index (χ4n) is 2.13. The molecule has 1 aliphatic rings. The maximum atomic E-state index is 5.58. The minimum absolute atomic E-state index is 0.412. The minimum atomic E-state index is 0.412. The quantitative estimate of drug-likeness (QED) is 0.852. The van der Waals surface area contributed by atoms with Crippen molar-refractivity contribution in [3.05, 3.63) is 17.5 Å². The van der Waals surface area contributed by atoms with Crippen LogP contribution in [0.1, 0.15) is 44.0 Å². The molecule has 1 saturated heterocycles. The normalized spacial score (nSPS) is 20.4. The fraction of sp³-hybridized carbons (Fsp3) is 0.769. The van der Waals surface area contributed by atoms with Crippen molar-refractivity contribution in [1.82, 2.24) is 15.1 Å². The molecule has 17 heavy (non-hydrogen) atoms. The van der Waals surface area contributed by atoms with E-state index in [4.69, 9.17) is 4.74 Å². The number of nitrogens with zero attached hydrogens (tertiary/aromatic N) is 2. The van der Waals surface area contributed by atoms with Crippen molar-refractivity contribution in [3.8, 4) is 0 Å². The molecular weight excluding hydrogens is 214 g/mol. The van der Waals surface area contributed by atoms with E-state index in [1.54, 1.807) is 0 Å². The molecule has 0 aliphatic carbocycles. The van der Waals surface area contributed by atoms with E-state index in [9.17, 15) is 0 Å². The van der Waals surface area contributed by atoms with E-state index in [-0.39, 0.29) is 0 Å². The second-order valence-electron chi connectivity index (χ2n) is 5.08. The van der Waals surface area contributed by atoms with E-state index in [0.717, 1.165) is 25.4 Å². The van der Waals surface area contributed by atoms with Gasteiger partial charge in [-0.25, -0.2) is 0 Å². The van der Waals surface area contributed by atoms with Gasteiger partial charge < -0.3 is 10.1 Å². The van der Waals surface area contributed by atoms with Crippen LogP contribution in [0.15, 0.2) is 6.20 Å². The summed E-state index contributed by atoms with van der Waals surface area (Å²) < 4.78 is 7.61. The molecule has 0 spiro atoms. The van der Waals surface area contributed by atoms with E-state index < -0.39 is 0 Å². The molecule has 96 valence electrons. The molecule has 2 rings (SSSR count). The topological polar surface area (TPSA) is 39.1 Å². The molecule has 0 radical (unpaired) electrons. The highest BCUT2D eigenvalue weighted by Crippen LogP contribution is 2.12. The smallest absolute Gasteiger partial charge is 0.0700 e. The van der Waals surface area contributed by atoms with Crippen molar-refractivity contribution in [2.75, 3.05) is 13.2 Å². The van der Waals surface area contributed by atoms with Gasteiger partial charge in [0.25, 0.3) is 0 Å². The molecule has 1 atom stereocenters. The predicted molar refractivity (Wildman–Crippen MR) is 68.0 cm³/mol. The van der Waals surface area contributed by atoms with Crippen LogP contribution in [-0.4, -0.2) is 29.0 Å². The number of nitrogens with one attached hydrogen (secondary N) is 1. The van der Waals surface area contributed by atoms with Crippen LogP contribution in [0.2, 0.25) is 0 Å². The Kier molecular flexibility index (Phi) is 4.18. The lowest BCUT2D eigenvalue weighted by Crippen LogP contribution is -2.25. The molecular formula is C13H23N3O. The lowest BCUT2D eigenvalue weighted by molar-refractivity contribution is 0.110. The van der Waals surface area contributed by atoms with Crippen LogP contribution in [-0.2, 0) is 11.3 Å². The van der Waals surface area contributed by atoms with Crippen LogP contribution in [0.25, 0.3) is 0 Å². The van der Waals surface area contributed by atoms with Crippen LogP contribution in [0.3, 0.4) is 0 Å². The van der Waals surface area contributed by atoms with E-state index in [1.165, 1.54) is 18.4 Å². The maximum Gasteiger partial charge on any atom is 0.0700 e. The zero-order valence-corrected chi connectivity index (χ0v) is 11.1. The lowest BCUT2D eigenvalue weighted by atomic mass is 10.2. The maximum absolute atomic E-state index is 5.58. The summed E-state index contributed by atoms with van der Waals surface area (Å²) >= 11 is 0. The number of aryl methyl sites for hydroxylation is 1. The van der Waals surface area contributed by atoms with Gasteiger partial charge in [0.05, 0.1) is 11.8 Å². The standard InChI is InChI=1S/C13H23N3O/c1-10(2)16-9-12(11(3)15-16)7-14-8-13-5-4-6-17-13/h9-10,13-14H,4-8H2,1-3H3. The van der Waals surface area contributed by atoms with E-state index in [1.807, 2.05) is 4.68 Å². The molecule has 1 unspecified atom stereocenters. The van der Waals surface area contributed by atoms with Crippen molar-refractivity contribution in [2.24, 2.45) is 0 Å². The molecule has 4 heteroatoms. The zero-order chi connectivity index (χ0) is 12.3. The van der Waals surface area contributed by atoms with E-state index in [0.29, 0.717) is 12.1 Å². The van der Waals surface area contributed by atoms with Gasteiger partial charge in [-0.15, -0.1) is 0 Å². The third kappa shape index (κ3) is 3.30. The Balaban J connectivity index is 1.81. The first kappa shape index (κ1) is 12.6. The van der Waals surface area contributed by atoms with Gasteiger partial charge in [0, 0.05) is 37.5 Å². The van der Waals surface area contributed by atoms with Crippen LogP contribution in [0, 0.1) is 6.92 Å². The Morgan fingerprint density at radius 3 is 3.00 bits per heavy atom. The van der Waals surface area contributed by atoms with Gasteiger partial charge in [0.15, 0.2) is 0 Å². The van der Waals surface area contributed by atoms with Gasteiger partial charge in [-0.05, 0) is 33.6 Å². The Morgan fingerprint density at radius 1 is 1.59 bits per heavy atom. The van der Waals surface area contributed by atoms with Crippen molar-refractivity contribution < 1.29 is 4.74 Å². The molecule has 1 aromatic heterocycles. The number of hydrogen-bond acceptors (Lipinski definition) is 3. The highest BCUT2D eigenvalue weighted by molar-refractivity contribution is 5.15. The number of rotatable bonds is 5. The highest BCUT2D eigenvalue weighted by atomic mass is 16.5. The average molecular weight is 237 g/mol. The van der Waals surface area contributed by atoms with Crippen LogP contribution >= 0.6 is 0 Å². The first-order chi connectivity index (χ1) is 8.16. The van der Waals surface area contributed by atoms with E-state index >= 15 is 0 Å². The fourth-order valence-corrected chi connectivity index (χ4v) is 2.13. The predicted octanol–water partition coefficient (Wildman–Crippen LogP) is 2.04. The van der Waals surface area contributed by atoms with Crippen LogP contribution < -0.4 is 5.32 Å². The molecule has 0 bridgehead atoms. The van der Waals surface area contributed by atoms with Gasteiger partial charge in [-0.1, -0.05) is 0 Å². The SMILES string of the molecule is Cc1nn(C(C)C)cc1CNCC1CCCO1. The van der Waals surface area contributed by atoms with Crippen LogP contribution in [0.5, 0.6) is 0 Å². The number of aromatic nitrogens is 2. The largest absolute Gasteiger partial charge is 0.377 e. The molecule has 1 aromatic rings. The van der Waals surface area contributed by atoms with Crippen molar-refractivity contribution in [3.63, 3.8) is 0 Å². The summed E-state index contributed by atoms with van der Waals surface area (Å²) in [5.41, 5.74) is 2.41. The third-order valence-electron chi connectivity index (χ3n) is 3.26. The Hall–Kier alpha value is -0.870. The summed E-state index contributed by atoms with van der Waals surface area (Å²) in [7, 11) is 0. The second kappa shape index (κ2) is 5.65. The second-order valence-corrected chi connectivity index (χ2v) is 5.08. The molecule has 2 heterocycles. The Labute approximate surface area is 103 Å². The summed E-state index contributed by atoms with van der Waals surface area (Å²) in [4.78, 5) is 0. The Bertz CT molecular complexity index is 354. The zero-order valence-electron chi connectivity index (χ0n) is 11.1. The van der Waals surface area contributed by atoms with Gasteiger partial charge in [0.2, 0.25) is 0 Å². The summed E-state index contributed by atoms with van der Waals surface area (Å²) in [6.45, 7) is 9.13. The van der Waals surface area contributed by atoms with Gasteiger partial charge in [0.1, 0.15) is 0 Å². The average Bonchev–Trinajstić information content (AvgIpc) is 2.89. The summed E-state index contributed by atoms with van der Waals surface area (Å²) in [6, 6.07) is 0.431.